The maximum Gasteiger partial charge on any atom is 0.244 e. The number of fused-ring (bicyclic) bond motifs is 1. The smallest absolute Gasteiger partial charge is 0.244 e. The molecular weight excluding hydrogens is 486 g/mol. The molecule has 4 rings (SSSR count). The molecule has 7 nitrogen and oxygen atoms in total. The quantitative estimate of drug-likeness (QED) is 0.426. The maximum absolute atomic E-state index is 13.9. The van der Waals surface area contributed by atoms with Crippen molar-refractivity contribution in [3.63, 3.8) is 0 Å². The molecule has 37 heavy (non-hydrogen) atoms. The molecule has 1 saturated carbocycles. The maximum atomic E-state index is 13.9. The number of hydrogen-bond donors (Lipinski definition) is 1. The fourth-order valence-corrected chi connectivity index (χ4v) is 5.95. The fourth-order valence-electron chi connectivity index (χ4n) is 5.09. The van der Waals surface area contributed by atoms with Gasteiger partial charge in [-0.05, 0) is 36.3 Å². The second-order valence-electron chi connectivity index (χ2n) is 9.69. The second-order valence-corrected chi connectivity index (χ2v) is 11.6. The highest BCUT2D eigenvalue weighted by molar-refractivity contribution is 7.92. The van der Waals surface area contributed by atoms with Gasteiger partial charge in [0.2, 0.25) is 21.8 Å². The summed E-state index contributed by atoms with van der Waals surface area (Å²) in [6.07, 6.45) is 5.58. The Morgan fingerprint density at radius 2 is 1.59 bits per heavy atom. The summed E-state index contributed by atoms with van der Waals surface area (Å²) in [6.45, 7) is 1.69. The van der Waals surface area contributed by atoms with Crippen molar-refractivity contribution >= 4 is 38.3 Å². The molecule has 1 unspecified atom stereocenters. The summed E-state index contributed by atoms with van der Waals surface area (Å²) in [4.78, 5) is 28.8. The molecule has 0 radical (unpaired) electrons. The molecule has 196 valence electrons. The Hall–Kier alpha value is -3.39. The van der Waals surface area contributed by atoms with Gasteiger partial charge in [0.15, 0.2) is 0 Å². The van der Waals surface area contributed by atoms with E-state index in [1.165, 1.54) is 4.90 Å². The van der Waals surface area contributed by atoms with Crippen LogP contribution in [0.4, 0.5) is 5.69 Å². The standard InChI is InChI=1S/C29H35N3O4S/c1-3-26(29(34)30-24-16-8-9-17-24)31(20-22-12-5-4-6-13-22)28(33)21-32(37(2,35)36)27-19-11-15-23-14-7-10-18-25(23)27/h4-7,10-15,18-19,24,26H,3,8-9,16-17,20-21H2,1-2H3,(H,30,34). The Kier molecular flexibility index (Phi) is 8.48. The molecule has 0 aromatic heterocycles. The van der Waals surface area contributed by atoms with E-state index in [0.717, 1.165) is 52.6 Å². The fraction of sp³-hybridized carbons (Fsp3) is 0.379. The minimum absolute atomic E-state index is 0.124. The van der Waals surface area contributed by atoms with Gasteiger partial charge < -0.3 is 10.2 Å². The number of amides is 2. The van der Waals surface area contributed by atoms with Crippen LogP contribution in [0.25, 0.3) is 10.8 Å². The molecule has 2 amide bonds. The van der Waals surface area contributed by atoms with Crippen LogP contribution in [-0.4, -0.2) is 50.0 Å². The number of hydrogen-bond acceptors (Lipinski definition) is 4. The van der Waals surface area contributed by atoms with Crippen molar-refractivity contribution in [1.29, 1.82) is 0 Å². The molecule has 8 heteroatoms. The summed E-state index contributed by atoms with van der Waals surface area (Å²) >= 11 is 0. The first-order valence-corrected chi connectivity index (χ1v) is 14.7. The zero-order valence-electron chi connectivity index (χ0n) is 21.5. The van der Waals surface area contributed by atoms with E-state index in [0.29, 0.717) is 12.1 Å². The molecule has 0 saturated heterocycles. The Bertz CT molecular complexity index is 1330. The predicted octanol–water partition coefficient (Wildman–Crippen LogP) is 4.47. The number of rotatable bonds is 10. The topological polar surface area (TPSA) is 86.8 Å². The Morgan fingerprint density at radius 3 is 2.27 bits per heavy atom. The average Bonchev–Trinajstić information content (AvgIpc) is 3.39. The Morgan fingerprint density at radius 1 is 0.946 bits per heavy atom. The van der Waals surface area contributed by atoms with Crippen molar-refractivity contribution in [1.82, 2.24) is 10.2 Å². The molecular formula is C29H35N3O4S. The van der Waals surface area contributed by atoms with Gasteiger partial charge in [0, 0.05) is 18.0 Å². The van der Waals surface area contributed by atoms with E-state index in [-0.39, 0.29) is 18.5 Å². The first kappa shape index (κ1) is 26.7. The summed E-state index contributed by atoms with van der Waals surface area (Å²) in [5, 5.41) is 4.74. The third-order valence-electron chi connectivity index (χ3n) is 7.00. The van der Waals surface area contributed by atoms with E-state index >= 15 is 0 Å². The van der Waals surface area contributed by atoms with E-state index in [2.05, 4.69) is 5.32 Å². The molecule has 1 aliphatic carbocycles. The number of carbonyl (C=O) groups is 2. The zero-order valence-corrected chi connectivity index (χ0v) is 22.3. The van der Waals surface area contributed by atoms with E-state index in [9.17, 15) is 18.0 Å². The summed E-state index contributed by atoms with van der Waals surface area (Å²) in [6, 6.07) is 21.8. The average molecular weight is 522 g/mol. The van der Waals surface area contributed by atoms with Crippen LogP contribution in [0.1, 0.15) is 44.6 Å². The lowest BCUT2D eigenvalue weighted by Crippen LogP contribution is -2.53. The van der Waals surface area contributed by atoms with E-state index in [1.807, 2.05) is 67.6 Å². The van der Waals surface area contributed by atoms with E-state index in [4.69, 9.17) is 0 Å². The molecule has 1 atom stereocenters. The lowest BCUT2D eigenvalue weighted by molar-refractivity contribution is -0.140. The van der Waals surface area contributed by atoms with Crippen LogP contribution in [0.15, 0.2) is 72.8 Å². The van der Waals surface area contributed by atoms with Crippen molar-refractivity contribution in [2.75, 3.05) is 17.1 Å². The van der Waals surface area contributed by atoms with Crippen molar-refractivity contribution in [3.8, 4) is 0 Å². The first-order valence-electron chi connectivity index (χ1n) is 12.9. The van der Waals surface area contributed by atoms with Gasteiger partial charge in [0.25, 0.3) is 0 Å². The number of sulfonamides is 1. The van der Waals surface area contributed by atoms with Crippen LogP contribution in [-0.2, 0) is 26.2 Å². The largest absolute Gasteiger partial charge is 0.352 e. The lowest BCUT2D eigenvalue weighted by atomic mass is 10.1. The summed E-state index contributed by atoms with van der Waals surface area (Å²) in [5.41, 5.74) is 1.32. The van der Waals surface area contributed by atoms with Gasteiger partial charge in [-0.2, -0.15) is 0 Å². The van der Waals surface area contributed by atoms with Crippen LogP contribution in [0, 0.1) is 0 Å². The number of nitrogens with zero attached hydrogens (tertiary/aromatic N) is 2. The first-order chi connectivity index (χ1) is 17.8. The highest BCUT2D eigenvalue weighted by Crippen LogP contribution is 2.29. The van der Waals surface area contributed by atoms with Gasteiger partial charge in [-0.25, -0.2) is 8.42 Å². The molecule has 0 heterocycles. The van der Waals surface area contributed by atoms with Crippen LogP contribution in [0.2, 0.25) is 0 Å². The predicted molar refractivity (Wildman–Crippen MR) is 148 cm³/mol. The van der Waals surface area contributed by atoms with Gasteiger partial charge in [-0.1, -0.05) is 86.5 Å². The van der Waals surface area contributed by atoms with Gasteiger partial charge in [0.05, 0.1) is 11.9 Å². The van der Waals surface area contributed by atoms with Crippen molar-refractivity contribution in [2.45, 2.75) is 57.7 Å². The van der Waals surface area contributed by atoms with Crippen molar-refractivity contribution in [3.05, 3.63) is 78.4 Å². The monoisotopic (exact) mass is 521 g/mol. The van der Waals surface area contributed by atoms with Crippen LogP contribution in [0.5, 0.6) is 0 Å². The van der Waals surface area contributed by atoms with E-state index in [1.54, 1.807) is 12.1 Å². The molecule has 0 aliphatic heterocycles. The number of benzene rings is 3. The minimum Gasteiger partial charge on any atom is -0.352 e. The van der Waals surface area contributed by atoms with Gasteiger partial charge in [0.1, 0.15) is 12.6 Å². The molecule has 3 aromatic carbocycles. The summed E-state index contributed by atoms with van der Waals surface area (Å²) in [7, 11) is -3.80. The molecule has 1 fully saturated rings. The normalized spacial score (nSPS) is 14.9. The highest BCUT2D eigenvalue weighted by atomic mass is 32.2. The highest BCUT2D eigenvalue weighted by Gasteiger charge is 2.33. The minimum atomic E-state index is -3.80. The second kappa shape index (κ2) is 11.8. The molecule has 0 spiro atoms. The number of anilines is 1. The third kappa shape index (κ3) is 6.49. The third-order valence-corrected chi connectivity index (χ3v) is 8.12. The lowest BCUT2D eigenvalue weighted by Gasteiger charge is -2.33. The van der Waals surface area contributed by atoms with Gasteiger partial charge in [-0.15, -0.1) is 0 Å². The van der Waals surface area contributed by atoms with E-state index < -0.39 is 28.5 Å². The number of nitrogens with one attached hydrogen (secondary N) is 1. The number of carbonyl (C=O) groups excluding carboxylic acids is 2. The van der Waals surface area contributed by atoms with Gasteiger partial charge >= 0.3 is 0 Å². The van der Waals surface area contributed by atoms with Crippen LogP contribution in [0.3, 0.4) is 0 Å². The SMILES string of the molecule is CCC(C(=O)NC1CCCC1)N(Cc1ccccc1)C(=O)CN(c1cccc2ccccc12)S(C)(=O)=O. The van der Waals surface area contributed by atoms with Gasteiger partial charge in [-0.3, -0.25) is 13.9 Å². The molecule has 1 N–H and O–H groups in total. The Labute approximate surface area is 219 Å². The van der Waals surface area contributed by atoms with Crippen molar-refractivity contribution in [2.24, 2.45) is 0 Å². The molecule has 1 aliphatic rings. The molecule has 3 aromatic rings. The summed E-state index contributed by atoms with van der Waals surface area (Å²) < 4.78 is 27.1. The Balaban J connectivity index is 1.67. The van der Waals surface area contributed by atoms with Crippen LogP contribution >= 0.6 is 0 Å². The zero-order chi connectivity index (χ0) is 26.4. The summed E-state index contributed by atoms with van der Waals surface area (Å²) in [5.74, 6) is -0.606. The van der Waals surface area contributed by atoms with Crippen LogP contribution < -0.4 is 9.62 Å². The van der Waals surface area contributed by atoms with Crippen molar-refractivity contribution < 1.29 is 18.0 Å². The molecule has 0 bridgehead atoms.